The number of benzene rings is 1. The molecule has 0 bridgehead atoms. The smallest absolute Gasteiger partial charge is 0.191 e. The summed E-state index contributed by atoms with van der Waals surface area (Å²) in [6, 6.07) is 11.9. The Morgan fingerprint density at radius 3 is 2.82 bits per heavy atom. The van der Waals surface area contributed by atoms with Gasteiger partial charge < -0.3 is 19.8 Å². The zero-order valence-corrected chi connectivity index (χ0v) is 16.0. The highest BCUT2D eigenvalue weighted by Crippen LogP contribution is 2.09. The van der Waals surface area contributed by atoms with Crippen molar-refractivity contribution in [3.05, 3.63) is 66.6 Å². The van der Waals surface area contributed by atoms with E-state index in [0.717, 1.165) is 42.5 Å². The number of nitrogens with zero attached hydrogens (tertiary/aromatic N) is 4. The van der Waals surface area contributed by atoms with Gasteiger partial charge in [-0.25, -0.2) is 14.7 Å². The number of hydrogen-bond donors (Lipinski definition) is 2. The second kappa shape index (κ2) is 10.9. The Hall–Kier alpha value is -3.13. The van der Waals surface area contributed by atoms with Gasteiger partial charge in [0.05, 0.1) is 18.5 Å². The molecule has 8 heteroatoms. The van der Waals surface area contributed by atoms with E-state index in [9.17, 15) is 0 Å². The van der Waals surface area contributed by atoms with Crippen molar-refractivity contribution in [2.24, 2.45) is 4.99 Å². The normalized spacial score (nSPS) is 11.5. The molecule has 0 fully saturated rings. The number of hydrogen-bond acceptors (Lipinski definition) is 5. The largest absolute Gasteiger partial charge is 0.467 e. The molecule has 0 saturated carbocycles. The average molecular weight is 382 g/mol. The molecule has 0 atom stereocenters. The molecule has 28 heavy (non-hydrogen) atoms. The van der Waals surface area contributed by atoms with Gasteiger partial charge in [-0.1, -0.05) is 12.1 Å². The maximum absolute atomic E-state index is 5.59. The zero-order valence-electron chi connectivity index (χ0n) is 16.0. The zero-order chi connectivity index (χ0) is 19.4. The van der Waals surface area contributed by atoms with Crippen molar-refractivity contribution in [2.45, 2.75) is 26.5 Å². The van der Waals surface area contributed by atoms with Crippen LogP contribution in [0.4, 0.5) is 0 Å². The minimum Gasteiger partial charge on any atom is -0.467 e. The fourth-order valence-electron chi connectivity index (χ4n) is 2.56. The predicted octanol–water partition coefficient (Wildman–Crippen LogP) is 2.52. The average Bonchev–Trinajstić information content (AvgIpc) is 3.43. The van der Waals surface area contributed by atoms with Crippen LogP contribution in [0.2, 0.25) is 0 Å². The van der Waals surface area contributed by atoms with Crippen LogP contribution in [0, 0.1) is 0 Å². The topological polar surface area (TPSA) is 89.5 Å². The molecule has 3 aromatic rings. The minimum absolute atomic E-state index is 0.506. The quantitative estimate of drug-likeness (QED) is 0.318. The lowest BCUT2D eigenvalue weighted by Gasteiger charge is -2.11. The summed E-state index contributed by atoms with van der Waals surface area (Å²) in [7, 11) is 0. The van der Waals surface area contributed by atoms with Gasteiger partial charge in [-0.05, 0) is 43.2 Å². The van der Waals surface area contributed by atoms with E-state index in [4.69, 9.17) is 9.15 Å². The molecule has 0 saturated heterocycles. The van der Waals surface area contributed by atoms with E-state index in [2.05, 4.69) is 32.6 Å². The number of rotatable bonds is 10. The summed E-state index contributed by atoms with van der Waals surface area (Å²) >= 11 is 0. The van der Waals surface area contributed by atoms with Crippen LogP contribution in [0.3, 0.4) is 0 Å². The van der Waals surface area contributed by atoms with Crippen LogP contribution in [0.25, 0.3) is 5.69 Å². The molecular formula is C20H26N6O2. The highest BCUT2D eigenvalue weighted by molar-refractivity contribution is 5.79. The first-order valence-electron chi connectivity index (χ1n) is 9.41. The SMILES string of the molecule is CCNC(=NCc1ccc(-n2cncn2)cc1)NCCCOCc1ccco1. The van der Waals surface area contributed by atoms with Gasteiger partial charge in [0, 0.05) is 19.7 Å². The summed E-state index contributed by atoms with van der Waals surface area (Å²) in [6.07, 6.45) is 5.74. The number of aromatic nitrogens is 3. The van der Waals surface area contributed by atoms with Crippen molar-refractivity contribution in [3.63, 3.8) is 0 Å². The van der Waals surface area contributed by atoms with Gasteiger partial charge in [0.25, 0.3) is 0 Å². The lowest BCUT2D eigenvalue weighted by molar-refractivity contribution is 0.105. The third-order valence-corrected chi connectivity index (χ3v) is 3.97. The van der Waals surface area contributed by atoms with Crippen LogP contribution >= 0.6 is 0 Å². The maximum Gasteiger partial charge on any atom is 0.191 e. The van der Waals surface area contributed by atoms with Crippen molar-refractivity contribution in [3.8, 4) is 5.69 Å². The molecule has 2 heterocycles. The molecule has 0 spiro atoms. The lowest BCUT2D eigenvalue weighted by atomic mass is 10.2. The van der Waals surface area contributed by atoms with Gasteiger partial charge in [0.15, 0.2) is 5.96 Å². The van der Waals surface area contributed by atoms with E-state index in [1.807, 2.05) is 36.4 Å². The third-order valence-electron chi connectivity index (χ3n) is 3.97. The number of nitrogens with one attached hydrogen (secondary N) is 2. The molecule has 0 aliphatic heterocycles. The first kappa shape index (κ1) is 19.6. The first-order valence-corrected chi connectivity index (χ1v) is 9.41. The molecule has 0 unspecified atom stereocenters. The Morgan fingerprint density at radius 2 is 2.11 bits per heavy atom. The van der Waals surface area contributed by atoms with Crippen molar-refractivity contribution in [2.75, 3.05) is 19.7 Å². The molecule has 3 rings (SSSR count). The summed E-state index contributed by atoms with van der Waals surface area (Å²) < 4.78 is 12.5. The van der Waals surface area contributed by atoms with E-state index in [1.54, 1.807) is 17.3 Å². The Kier molecular flexibility index (Phi) is 7.63. The number of aliphatic imine (C=N–C) groups is 1. The monoisotopic (exact) mass is 382 g/mol. The summed E-state index contributed by atoms with van der Waals surface area (Å²) in [5.74, 6) is 1.64. The number of furan rings is 1. The van der Waals surface area contributed by atoms with Gasteiger partial charge in [0.2, 0.25) is 0 Å². The molecule has 0 aliphatic rings. The van der Waals surface area contributed by atoms with Crippen LogP contribution in [-0.2, 0) is 17.9 Å². The van der Waals surface area contributed by atoms with Gasteiger partial charge in [-0.2, -0.15) is 5.10 Å². The van der Waals surface area contributed by atoms with Crippen molar-refractivity contribution >= 4 is 5.96 Å². The predicted molar refractivity (Wildman–Crippen MR) is 107 cm³/mol. The Morgan fingerprint density at radius 1 is 1.21 bits per heavy atom. The van der Waals surface area contributed by atoms with Gasteiger partial charge >= 0.3 is 0 Å². The molecule has 8 nitrogen and oxygen atoms in total. The number of guanidine groups is 1. The molecule has 1 aromatic carbocycles. The summed E-state index contributed by atoms with van der Waals surface area (Å²) in [5.41, 5.74) is 2.10. The molecule has 2 aromatic heterocycles. The molecule has 2 N–H and O–H groups in total. The van der Waals surface area contributed by atoms with E-state index in [1.165, 1.54) is 6.33 Å². The van der Waals surface area contributed by atoms with Crippen LogP contribution in [0.1, 0.15) is 24.7 Å². The molecule has 0 aliphatic carbocycles. The minimum atomic E-state index is 0.506. The third kappa shape index (κ3) is 6.24. The Balaban J connectivity index is 1.40. The number of ether oxygens (including phenoxy) is 1. The maximum atomic E-state index is 5.59. The summed E-state index contributed by atoms with van der Waals surface area (Å²) in [4.78, 5) is 8.60. The fraction of sp³-hybridized carbons (Fsp3) is 0.350. The van der Waals surface area contributed by atoms with Crippen molar-refractivity contribution in [1.82, 2.24) is 25.4 Å². The first-order chi connectivity index (χ1) is 13.8. The lowest BCUT2D eigenvalue weighted by Crippen LogP contribution is -2.38. The van der Waals surface area contributed by atoms with Crippen LogP contribution < -0.4 is 10.6 Å². The van der Waals surface area contributed by atoms with E-state index in [-0.39, 0.29) is 0 Å². The Bertz CT molecular complexity index is 813. The van der Waals surface area contributed by atoms with Gasteiger partial charge in [-0.15, -0.1) is 0 Å². The summed E-state index contributed by atoms with van der Waals surface area (Å²) in [6.45, 7) is 5.42. The molecule has 148 valence electrons. The van der Waals surface area contributed by atoms with E-state index < -0.39 is 0 Å². The van der Waals surface area contributed by atoms with Gasteiger partial charge in [0.1, 0.15) is 25.0 Å². The van der Waals surface area contributed by atoms with Crippen LogP contribution in [-0.4, -0.2) is 40.4 Å². The Labute approximate surface area is 164 Å². The molecule has 0 radical (unpaired) electrons. The van der Waals surface area contributed by atoms with Crippen molar-refractivity contribution < 1.29 is 9.15 Å². The van der Waals surface area contributed by atoms with Crippen LogP contribution in [0.15, 0.2) is 64.7 Å². The van der Waals surface area contributed by atoms with E-state index in [0.29, 0.717) is 19.8 Å². The van der Waals surface area contributed by atoms with Crippen molar-refractivity contribution in [1.29, 1.82) is 0 Å². The van der Waals surface area contributed by atoms with E-state index >= 15 is 0 Å². The fourth-order valence-corrected chi connectivity index (χ4v) is 2.56. The second-order valence-electron chi connectivity index (χ2n) is 6.11. The van der Waals surface area contributed by atoms with Crippen LogP contribution in [0.5, 0.6) is 0 Å². The highest BCUT2D eigenvalue weighted by atomic mass is 16.5. The molecule has 0 amide bonds. The second-order valence-corrected chi connectivity index (χ2v) is 6.11. The molecular weight excluding hydrogens is 356 g/mol. The highest BCUT2D eigenvalue weighted by Gasteiger charge is 2.00. The summed E-state index contributed by atoms with van der Waals surface area (Å²) in [5, 5.41) is 10.7. The van der Waals surface area contributed by atoms with Gasteiger partial charge in [-0.3, -0.25) is 0 Å². The standard InChI is InChI=1S/C20H26N6O2/c1-2-22-20(23-10-4-11-27-14-19-5-3-12-28-19)24-13-17-6-8-18(9-7-17)26-16-21-15-25-26/h3,5-9,12,15-16H,2,4,10-11,13-14H2,1H3,(H2,22,23,24).